The van der Waals surface area contributed by atoms with E-state index in [4.69, 9.17) is 14.5 Å². The van der Waals surface area contributed by atoms with Gasteiger partial charge in [-0.25, -0.2) is 15.0 Å². The van der Waals surface area contributed by atoms with Crippen molar-refractivity contribution in [2.75, 3.05) is 19.5 Å². The third-order valence-electron chi connectivity index (χ3n) is 5.38. The van der Waals surface area contributed by atoms with E-state index in [2.05, 4.69) is 63.3 Å². The van der Waals surface area contributed by atoms with Crippen LogP contribution in [0.5, 0.6) is 11.5 Å². The van der Waals surface area contributed by atoms with Gasteiger partial charge in [0, 0.05) is 46.0 Å². The second kappa shape index (κ2) is 10.2. The molecule has 2 heterocycles. The van der Waals surface area contributed by atoms with Crippen molar-refractivity contribution in [2.45, 2.75) is 26.8 Å². The van der Waals surface area contributed by atoms with Crippen LogP contribution in [0, 0.1) is 5.92 Å². The highest BCUT2D eigenvalue weighted by Gasteiger charge is 2.14. The maximum atomic E-state index is 5.53. The van der Waals surface area contributed by atoms with Crippen molar-refractivity contribution in [2.24, 2.45) is 5.92 Å². The zero-order valence-corrected chi connectivity index (χ0v) is 20.8. The van der Waals surface area contributed by atoms with E-state index in [0.717, 1.165) is 44.4 Å². The first-order chi connectivity index (χ1) is 16.0. The fraction of sp³-hybridized carbons (Fsp3) is 0.269. The van der Waals surface area contributed by atoms with Crippen molar-refractivity contribution < 1.29 is 9.47 Å². The molecule has 170 valence electrons. The van der Waals surface area contributed by atoms with Crippen molar-refractivity contribution in [3.8, 4) is 22.9 Å². The Bertz CT molecular complexity index is 1280. The van der Waals surface area contributed by atoms with Crippen molar-refractivity contribution in [3.05, 3.63) is 70.5 Å². The molecule has 4 rings (SSSR count). The van der Waals surface area contributed by atoms with Crippen LogP contribution in [0.4, 0.5) is 5.82 Å². The lowest BCUT2D eigenvalue weighted by Gasteiger charge is -2.14. The van der Waals surface area contributed by atoms with E-state index in [-0.39, 0.29) is 0 Å². The number of anilines is 1. The molecule has 2 aromatic carbocycles. The van der Waals surface area contributed by atoms with Gasteiger partial charge in [0.05, 0.1) is 14.2 Å². The van der Waals surface area contributed by atoms with Crippen LogP contribution in [0.3, 0.4) is 0 Å². The summed E-state index contributed by atoms with van der Waals surface area (Å²) < 4.78 is 11.8. The lowest BCUT2D eigenvalue weighted by molar-refractivity contribution is 0.391. The van der Waals surface area contributed by atoms with Crippen LogP contribution in [0.1, 0.15) is 25.0 Å². The Balaban J connectivity index is 1.70. The van der Waals surface area contributed by atoms with Gasteiger partial charge in [-0.15, -0.1) is 0 Å². The van der Waals surface area contributed by atoms with Crippen LogP contribution in [0.2, 0.25) is 0 Å². The van der Waals surface area contributed by atoms with Crippen LogP contribution >= 0.6 is 15.9 Å². The number of benzene rings is 2. The summed E-state index contributed by atoms with van der Waals surface area (Å²) in [4.78, 5) is 14.2. The summed E-state index contributed by atoms with van der Waals surface area (Å²) in [5.74, 6) is 3.43. The van der Waals surface area contributed by atoms with Crippen LogP contribution in [0.25, 0.3) is 22.3 Å². The summed E-state index contributed by atoms with van der Waals surface area (Å²) in [5.41, 5.74) is 4.04. The second-order valence-electron chi connectivity index (χ2n) is 8.22. The largest absolute Gasteiger partial charge is 0.497 e. The molecule has 0 saturated carbocycles. The predicted molar refractivity (Wildman–Crippen MR) is 136 cm³/mol. The second-order valence-corrected chi connectivity index (χ2v) is 9.14. The molecule has 0 radical (unpaired) electrons. The molecule has 4 aromatic rings. The molecule has 0 aliphatic rings. The lowest BCUT2D eigenvalue weighted by atomic mass is 9.97. The van der Waals surface area contributed by atoms with Gasteiger partial charge in [-0.3, -0.25) is 0 Å². The fourth-order valence-corrected chi connectivity index (χ4v) is 4.13. The Morgan fingerprint density at radius 1 is 0.970 bits per heavy atom. The van der Waals surface area contributed by atoms with E-state index in [1.54, 1.807) is 20.4 Å². The number of nitrogens with one attached hydrogen (secondary N) is 1. The molecule has 0 unspecified atom stereocenters. The molecule has 0 aliphatic carbocycles. The van der Waals surface area contributed by atoms with Gasteiger partial charge in [0.25, 0.3) is 0 Å². The molecule has 0 fully saturated rings. The summed E-state index contributed by atoms with van der Waals surface area (Å²) in [6.45, 7) is 4.97. The summed E-state index contributed by atoms with van der Waals surface area (Å²) in [6.07, 6.45) is 4.58. The van der Waals surface area contributed by atoms with Crippen LogP contribution in [-0.4, -0.2) is 29.2 Å². The van der Waals surface area contributed by atoms with Crippen LogP contribution < -0.4 is 14.8 Å². The Morgan fingerprint density at radius 3 is 2.55 bits per heavy atom. The average Bonchev–Trinajstić information content (AvgIpc) is 2.83. The standard InChI is InChI=1S/C26H27BrN4O2/c1-16(2)11-17-5-7-20(27)12-22(17)25-29-15-19-9-10-28-26(24(19)31-25)30-14-18-6-8-21(32-3)13-23(18)33-4/h5-10,12-13,15-16H,11,14H2,1-4H3,(H,28,30). The Morgan fingerprint density at radius 2 is 1.79 bits per heavy atom. The lowest BCUT2D eigenvalue weighted by Crippen LogP contribution is -2.05. The SMILES string of the molecule is COc1ccc(CNc2nccc3cnc(-c4cc(Br)ccc4CC(C)C)nc23)c(OC)c1. The molecule has 0 atom stereocenters. The Kier molecular flexibility index (Phi) is 7.08. The third kappa shape index (κ3) is 5.25. The van der Waals surface area contributed by atoms with E-state index in [1.165, 1.54) is 5.56 Å². The van der Waals surface area contributed by atoms with E-state index < -0.39 is 0 Å². The number of aromatic nitrogens is 3. The van der Waals surface area contributed by atoms with E-state index >= 15 is 0 Å². The van der Waals surface area contributed by atoms with Gasteiger partial charge < -0.3 is 14.8 Å². The maximum absolute atomic E-state index is 5.53. The molecule has 0 bridgehead atoms. The maximum Gasteiger partial charge on any atom is 0.160 e. The molecule has 0 spiro atoms. The van der Waals surface area contributed by atoms with Gasteiger partial charge >= 0.3 is 0 Å². The number of hydrogen-bond donors (Lipinski definition) is 1. The number of ether oxygens (including phenoxy) is 2. The number of nitrogens with zero attached hydrogens (tertiary/aromatic N) is 3. The van der Waals surface area contributed by atoms with Crippen LogP contribution in [0.15, 0.2) is 59.3 Å². The van der Waals surface area contributed by atoms with Gasteiger partial charge in [-0.1, -0.05) is 35.8 Å². The molecule has 6 nitrogen and oxygen atoms in total. The van der Waals surface area contributed by atoms with Crippen molar-refractivity contribution in [1.29, 1.82) is 0 Å². The molecule has 0 saturated heterocycles. The number of fused-ring (bicyclic) bond motifs is 1. The Labute approximate surface area is 202 Å². The number of methoxy groups -OCH3 is 2. The Hall–Kier alpha value is -3.19. The van der Waals surface area contributed by atoms with Crippen molar-refractivity contribution in [3.63, 3.8) is 0 Å². The van der Waals surface area contributed by atoms with Crippen molar-refractivity contribution in [1.82, 2.24) is 15.0 Å². The summed E-state index contributed by atoms with van der Waals surface area (Å²) in [6, 6.07) is 14.0. The number of halogens is 1. The number of hydrogen-bond acceptors (Lipinski definition) is 6. The monoisotopic (exact) mass is 506 g/mol. The first-order valence-corrected chi connectivity index (χ1v) is 11.6. The molecule has 0 amide bonds. The highest BCUT2D eigenvalue weighted by molar-refractivity contribution is 9.10. The van der Waals surface area contributed by atoms with Gasteiger partial charge in [0.2, 0.25) is 0 Å². The first kappa shape index (κ1) is 23.0. The molecule has 1 N–H and O–H groups in total. The minimum atomic E-state index is 0.531. The topological polar surface area (TPSA) is 69.2 Å². The molecule has 0 aliphatic heterocycles. The van der Waals surface area contributed by atoms with E-state index in [0.29, 0.717) is 24.1 Å². The van der Waals surface area contributed by atoms with E-state index in [1.807, 2.05) is 30.5 Å². The van der Waals surface area contributed by atoms with Crippen LogP contribution in [-0.2, 0) is 13.0 Å². The van der Waals surface area contributed by atoms with Gasteiger partial charge in [-0.2, -0.15) is 0 Å². The minimum Gasteiger partial charge on any atom is -0.497 e. The normalized spacial score (nSPS) is 11.1. The van der Waals surface area contributed by atoms with Gasteiger partial charge in [0.1, 0.15) is 17.0 Å². The zero-order chi connectivity index (χ0) is 23.4. The van der Waals surface area contributed by atoms with Crippen molar-refractivity contribution >= 4 is 32.7 Å². The number of rotatable bonds is 8. The first-order valence-electron chi connectivity index (χ1n) is 10.8. The molecule has 7 heteroatoms. The summed E-state index contributed by atoms with van der Waals surface area (Å²) in [7, 11) is 3.29. The fourth-order valence-electron chi connectivity index (χ4n) is 3.77. The predicted octanol–water partition coefficient (Wildman–Crippen LogP) is 6.28. The number of pyridine rings is 1. The third-order valence-corrected chi connectivity index (χ3v) is 5.87. The quantitative estimate of drug-likeness (QED) is 0.303. The molecular weight excluding hydrogens is 480 g/mol. The summed E-state index contributed by atoms with van der Waals surface area (Å²) >= 11 is 3.60. The minimum absolute atomic E-state index is 0.531. The summed E-state index contributed by atoms with van der Waals surface area (Å²) in [5, 5.41) is 4.35. The van der Waals surface area contributed by atoms with Gasteiger partial charge in [0.15, 0.2) is 11.6 Å². The van der Waals surface area contributed by atoms with Gasteiger partial charge in [-0.05, 0) is 48.2 Å². The molecule has 2 aromatic heterocycles. The molecular formula is C26H27BrN4O2. The molecule has 33 heavy (non-hydrogen) atoms. The highest BCUT2D eigenvalue weighted by atomic mass is 79.9. The average molecular weight is 507 g/mol. The zero-order valence-electron chi connectivity index (χ0n) is 19.2. The smallest absolute Gasteiger partial charge is 0.160 e. The highest BCUT2D eigenvalue weighted by Crippen LogP contribution is 2.30. The van der Waals surface area contributed by atoms with E-state index in [9.17, 15) is 0 Å².